The Hall–Kier alpha value is -2.90. The standard InChI is InChI=1S/C21H20N4O2S/c1-23(15-24-19(26)14-28-21(24)27)12-17-13-25(18-10-6-3-7-11-18)22-20(17)16-8-4-2-5-9-16/h2-11,13H,12,14-15H2,1H3. The van der Waals surface area contributed by atoms with Crippen molar-refractivity contribution >= 4 is 22.9 Å². The second-order valence-corrected chi connectivity index (χ2v) is 7.61. The monoisotopic (exact) mass is 392 g/mol. The molecule has 142 valence electrons. The summed E-state index contributed by atoms with van der Waals surface area (Å²) in [5.41, 5.74) is 3.94. The largest absolute Gasteiger partial charge is 0.289 e. The molecule has 4 rings (SSSR count). The van der Waals surface area contributed by atoms with Crippen LogP contribution >= 0.6 is 11.8 Å². The van der Waals surface area contributed by atoms with E-state index in [0.717, 1.165) is 34.3 Å². The van der Waals surface area contributed by atoms with Gasteiger partial charge in [0.25, 0.3) is 5.24 Å². The van der Waals surface area contributed by atoms with Crippen LogP contribution in [0.3, 0.4) is 0 Å². The lowest BCUT2D eigenvalue weighted by Gasteiger charge is -2.22. The van der Waals surface area contributed by atoms with E-state index in [9.17, 15) is 9.59 Å². The van der Waals surface area contributed by atoms with Crippen molar-refractivity contribution in [1.82, 2.24) is 19.6 Å². The fraction of sp³-hybridized carbons (Fsp3) is 0.190. The molecule has 0 spiro atoms. The van der Waals surface area contributed by atoms with Crippen molar-refractivity contribution < 1.29 is 9.59 Å². The molecule has 1 aromatic heterocycles. The second-order valence-electron chi connectivity index (χ2n) is 6.68. The normalized spacial score (nSPS) is 14.3. The molecular formula is C21H20N4O2S. The first-order valence-corrected chi connectivity index (χ1v) is 9.95. The number of amides is 2. The molecule has 28 heavy (non-hydrogen) atoms. The van der Waals surface area contributed by atoms with E-state index in [1.165, 1.54) is 4.90 Å². The van der Waals surface area contributed by atoms with Gasteiger partial charge in [-0.25, -0.2) is 4.68 Å². The van der Waals surface area contributed by atoms with Crippen molar-refractivity contribution in [3.8, 4) is 16.9 Å². The van der Waals surface area contributed by atoms with Gasteiger partial charge in [0.05, 0.1) is 23.8 Å². The molecule has 6 nitrogen and oxygen atoms in total. The van der Waals surface area contributed by atoms with Gasteiger partial charge >= 0.3 is 0 Å². The molecule has 2 aromatic carbocycles. The molecule has 3 aromatic rings. The molecule has 0 aliphatic carbocycles. The van der Waals surface area contributed by atoms with Crippen LogP contribution in [0.1, 0.15) is 5.56 Å². The molecule has 1 aliphatic rings. The highest BCUT2D eigenvalue weighted by atomic mass is 32.2. The zero-order valence-corrected chi connectivity index (χ0v) is 16.3. The summed E-state index contributed by atoms with van der Waals surface area (Å²) in [7, 11) is 1.90. The highest BCUT2D eigenvalue weighted by Gasteiger charge is 2.30. The van der Waals surface area contributed by atoms with Crippen LogP contribution in [-0.2, 0) is 11.3 Å². The Bertz CT molecular complexity index is 972. The molecule has 0 atom stereocenters. The number of imide groups is 1. The lowest BCUT2D eigenvalue weighted by atomic mass is 10.1. The van der Waals surface area contributed by atoms with Crippen molar-refractivity contribution in [2.75, 3.05) is 19.5 Å². The van der Waals surface area contributed by atoms with Gasteiger partial charge in [0.15, 0.2) is 0 Å². The predicted molar refractivity (Wildman–Crippen MR) is 110 cm³/mol. The zero-order chi connectivity index (χ0) is 19.5. The predicted octanol–water partition coefficient (Wildman–Crippen LogP) is 3.62. The van der Waals surface area contributed by atoms with E-state index in [1.54, 1.807) is 0 Å². The molecular weight excluding hydrogens is 372 g/mol. The molecule has 2 amide bonds. The number of carbonyl (C=O) groups excluding carboxylic acids is 2. The van der Waals surface area contributed by atoms with Gasteiger partial charge in [-0.1, -0.05) is 60.3 Å². The average molecular weight is 392 g/mol. The van der Waals surface area contributed by atoms with Crippen LogP contribution in [-0.4, -0.2) is 50.2 Å². The maximum atomic E-state index is 11.9. The van der Waals surface area contributed by atoms with Crippen LogP contribution in [0.2, 0.25) is 0 Å². The van der Waals surface area contributed by atoms with Crippen LogP contribution in [0, 0.1) is 0 Å². The molecule has 1 saturated heterocycles. The summed E-state index contributed by atoms with van der Waals surface area (Å²) in [5.74, 6) is 0.0959. The van der Waals surface area contributed by atoms with E-state index in [-0.39, 0.29) is 23.6 Å². The number of aromatic nitrogens is 2. The van der Waals surface area contributed by atoms with Crippen molar-refractivity contribution in [3.63, 3.8) is 0 Å². The topological polar surface area (TPSA) is 58.4 Å². The lowest BCUT2D eigenvalue weighted by molar-refractivity contribution is -0.126. The third kappa shape index (κ3) is 3.85. The Balaban J connectivity index is 1.62. The SMILES string of the molecule is CN(Cc1cn(-c2ccccc2)nc1-c1ccccc1)CN1C(=O)CSC1=O. The van der Waals surface area contributed by atoms with E-state index in [4.69, 9.17) is 5.10 Å². The Kier molecular flexibility index (Phi) is 5.27. The highest BCUT2D eigenvalue weighted by Crippen LogP contribution is 2.25. The number of para-hydroxylation sites is 1. The molecule has 0 radical (unpaired) electrons. The Labute approximate surface area is 167 Å². The first-order chi connectivity index (χ1) is 13.6. The van der Waals surface area contributed by atoms with Gasteiger partial charge in [-0.3, -0.25) is 19.4 Å². The van der Waals surface area contributed by atoms with Gasteiger partial charge < -0.3 is 0 Å². The fourth-order valence-electron chi connectivity index (χ4n) is 3.18. The van der Waals surface area contributed by atoms with Crippen LogP contribution in [0.4, 0.5) is 4.79 Å². The fourth-order valence-corrected chi connectivity index (χ4v) is 3.90. The second kappa shape index (κ2) is 8.00. The quantitative estimate of drug-likeness (QED) is 0.641. The average Bonchev–Trinajstić information content (AvgIpc) is 3.28. The maximum Gasteiger partial charge on any atom is 0.289 e. The summed E-state index contributed by atoms with van der Waals surface area (Å²) in [4.78, 5) is 27.0. The molecule has 1 aliphatic heterocycles. The van der Waals surface area contributed by atoms with E-state index in [1.807, 2.05) is 83.5 Å². The van der Waals surface area contributed by atoms with E-state index in [0.29, 0.717) is 6.54 Å². The Morgan fingerprint density at radius 2 is 1.71 bits per heavy atom. The first kappa shape index (κ1) is 18.5. The Morgan fingerprint density at radius 1 is 1.04 bits per heavy atom. The van der Waals surface area contributed by atoms with E-state index >= 15 is 0 Å². The maximum absolute atomic E-state index is 11.9. The number of nitrogens with zero attached hydrogens (tertiary/aromatic N) is 4. The summed E-state index contributed by atoms with van der Waals surface area (Å²) in [5, 5.41) is 4.62. The summed E-state index contributed by atoms with van der Waals surface area (Å²) in [6.45, 7) is 0.841. The molecule has 0 unspecified atom stereocenters. The molecule has 7 heteroatoms. The summed E-state index contributed by atoms with van der Waals surface area (Å²) < 4.78 is 1.87. The van der Waals surface area contributed by atoms with Gasteiger partial charge in [-0.05, 0) is 19.2 Å². The molecule has 0 bridgehead atoms. The van der Waals surface area contributed by atoms with Crippen LogP contribution in [0.5, 0.6) is 0 Å². The Morgan fingerprint density at radius 3 is 2.36 bits per heavy atom. The van der Waals surface area contributed by atoms with Gasteiger partial charge in [0.1, 0.15) is 0 Å². The highest BCUT2D eigenvalue weighted by molar-refractivity contribution is 8.14. The van der Waals surface area contributed by atoms with Gasteiger partial charge in [-0.2, -0.15) is 5.10 Å². The smallest absolute Gasteiger partial charge is 0.284 e. The number of thioether (sulfide) groups is 1. The summed E-state index contributed by atoms with van der Waals surface area (Å²) in [6, 6.07) is 20.0. The van der Waals surface area contributed by atoms with Crippen molar-refractivity contribution in [1.29, 1.82) is 0 Å². The third-order valence-corrected chi connectivity index (χ3v) is 5.38. The van der Waals surface area contributed by atoms with Crippen molar-refractivity contribution in [3.05, 3.63) is 72.4 Å². The lowest BCUT2D eigenvalue weighted by Crippen LogP contribution is -2.38. The first-order valence-electron chi connectivity index (χ1n) is 8.97. The van der Waals surface area contributed by atoms with Crippen molar-refractivity contribution in [2.24, 2.45) is 0 Å². The number of benzene rings is 2. The minimum Gasteiger partial charge on any atom is -0.284 e. The van der Waals surface area contributed by atoms with Crippen molar-refractivity contribution in [2.45, 2.75) is 6.54 Å². The minimum absolute atomic E-state index is 0.134. The molecule has 1 fully saturated rings. The van der Waals surface area contributed by atoms with Crippen LogP contribution in [0.25, 0.3) is 16.9 Å². The van der Waals surface area contributed by atoms with Gasteiger partial charge in [0.2, 0.25) is 5.91 Å². The summed E-state index contributed by atoms with van der Waals surface area (Å²) in [6.07, 6.45) is 2.01. The molecule has 2 heterocycles. The number of rotatable bonds is 6. The number of carbonyl (C=O) groups is 2. The van der Waals surface area contributed by atoms with E-state index < -0.39 is 0 Å². The molecule has 0 N–H and O–H groups in total. The molecule has 0 saturated carbocycles. The third-order valence-electron chi connectivity index (χ3n) is 4.52. The summed E-state index contributed by atoms with van der Waals surface area (Å²) >= 11 is 1.06. The van der Waals surface area contributed by atoms with Gasteiger partial charge in [0, 0.05) is 23.9 Å². The van der Waals surface area contributed by atoms with Gasteiger partial charge in [-0.15, -0.1) is 0 Å². The van der Waals surface area contributed by atoms with E-state index in [2.05, 4.69) is 0 Å². The number of hydrogen-bond donors (Lipinski definition) is 0. The number of hydrogen-bond acceptors (Lipinski definition) is 5. The zero-order valence-electron chi connectivity index (χ0n) is 15.5. The minimum atomic E-state index is -0.180. The van der Waals surface area contributed by atoms with Crippen LogP contribution in [0.15, 0.2) is 66.9 Å². The van der Waals surface area contributed by atoms with Crippen LogP contribution < -0.4 is 0 Å².